The summed E-state index contributed by atoms with van der Waals surface area (Å²) in [6, 6.07) is -0.245. The molecule has 0 aromatic heterocycles. The van der Waals surface area contributed by atoms with Gasteiger partial charge in [-0.1, -0.05) is 32.9 Å². The molecule has 0 radical (unpaired) electrons. The van der Waals surface area contributed by atoms with Crippen molar-refractivity contribution in [2.24, 2.45) is 28.8 Å². The molecule has 18 atom stereocenters. The SMILES string of the molecule is CC[C@H]1OC(=O)[C@H](C)[C@@H](O[C@H]2C[C@@](C)(OC)[C@@H](O)[C@H](C)O2)[C@H](C)[C@@H](O[C@@H]2O[C@H](C)C[C@H]([NH+](C)C)[C@H]2O)[C@](C)(O)C[C@@H](C)/C(=N\OCOCCOC)[C@H](C)[C@@H](O)[C@]1(C)O. The third-order valence-electron chi connectivity index (χ3n) is 12.7. The van der Waals surface area contributed by atoms with Gasteiger partial charge in [0.05, 0.1) is 80.7 Å². The molecule has 3 aliphatic rings. The second-order valence-corrected chi connectivity index (χ2v) is 17.9. The number of oxime groups is 1. The van der Waals surface area contributed by atoms with E-state index in [0.29, 0.717) is 18.7 Å². The number of ether oxygens (including phenoxy) is 8. The molecule has 0 amide bonds. The zero-order valence-corrected chi connectivity index (χ0v) is 37.4. The van der Waals surface area contributed by atoms with Gasteiger partial charge in [-0.2, -0.15) is 0 Å². The Hall–Kier alpha value is -1.58. The maximum absolute atomic E-state index is 14.3. The van der Waals surface area contributed by atoms with Gasteiger partial charge in [-0.05, 0) is 54.4 Å². The van der Waals surface area contributed by atoms with Crippen LogP contribution in [0.2, 0.25) is 0 Å². The second kappa shape index (κ2) is 21.5. The quantitative estimate of drug-likeness (QED) is 0.0655. The van der Waals surface area contributed by atoms with Crippen molar-refractivity contribution in [2.45, 2.75) is 179 Å². The van der Waals surface area contributed by atoms with Crippen LogP contribution < -0.4 is 4.90 Å². The lowest BCUT2D eigenvalue weighted by Gasteiger charge is -2.49. The van der Waals surface area contributed by atoms with Gasteiger partial charge in [0.1, 0.15) is 23.9 Å². The van der Waals surface area contributed by atoms with E-state index in [2.05, 4.69) is 5.16 Å². The van der Waals surface area contributed by atoms with Crippen LogP contribution in [-0.4, -0.2) is 170 Å². The molecular formula is C41H77N2O15+. The van der Waals surface area contributed by atoms with Crippen LogP contribution in [0.25, 0.3) is 0 Å². The van der Waals surface area contributed by atoms with E-state index in [1.807, 2.05) is 27.9 Å². The third-order valence-corrected chi connectivity index (χ3v) is 12.7. The molecule has 0 bridgehead atoms. The van der Waals surface area contributed by atoms with Crippen LogP contribution in [0, 0.1) is 23.7 Å². The smallest absolute Gasteiger partial charge is 0.311 e. The van der Waals surface area contributed by atoms with E-state index in [-0.39, 0.29) is 44.8 Å². The van der Waals surface area contributed by atoms with E-state index in [0.717, 1.165) is 4.90 Å². The molecule has 3 saturated heterocycles. The highest BCUT2D eigenvalue weighted by Gasteiger charge is 2.53. The van der Waals surface area contributed by atoms with Gasteiger partial charge in [0.25, 0.3) is 0 Å². The van der Waals surface area contributed by atoms with Crippen LogP contribution in [0.3, 0.4) is 0 Å². The Bertz CT molecular complexity index is 1300. The standard InChI is InChI=1S/C41H76N2O15/c1-15-29-41(10,49)34(45)24(4)31(42-53-21-52-17-16-50-13)22(2)19-39(8,48)36(58-38-32(44)28(43(11)12)18-23(3)54-38)25(5)33(26(6)37(47)56-29)57-30-20-40(9,51-14)35(46)27(7)55-30/h22-30,32-36,38,44-46,48-49H,15-21H2,1-14H3/p+1/b42-31+/t22-,23-,24+,25+,26-,27+,28+,29-,30+,32-,33+,34-,35+,36-,38+,39-,40-,41-/m1/s1. The number of methoxy groups -OCH3 is 2. The molecule has 0 saturated carbocycles. The highest BCUT2D eigenvalue weighted by molar-refractivity contribution is 5.88. The Morgan fingerprint density at radius 2 is 1.55 bits per heavy atom. The maximum atomic E-state index is 14.3. The number of aliphatic hydroxyl groups excluding tert-OH is 3. The molecule has 6 N–H and O–H groups in total. The minimum atomic E-state index is -1.96. The van der Waals surface area contributed by atoms with Crippen LogP contribution >= 0.6 is 0 Å². The van der Waals surface area contributed by atoms with Gasteiger partial charge in [-0.3, -0.25) is 4.79 Å². The summed E-state index contributed by atoms with van der Waals surface area (Å²) in [6.07, 6.45) is -9.34. The first-order chi connectivity index (χ1) is 27.0. The Morgan fingerprint density at radius 3 is 2.14 bits per heavy atom. The highest BCUT2D eigenvalue weighted by atomic mass is 16.7. The molecule has 17 nitrogen and oxygen atoms in total. The molecule has 3 heterocycles. The highest BCUT2D eigenvalue weighted by Crippen LogP contribution is 2.40. The predicted octanol–water partition coefficient (Wildman–Crippen LogP) is 0.793. The van der Waals surface area contributed by atoms with Crippen molar-refractivity contribution in [1.29, 1.82) is 0 Å². The van der Waals surface area contributed by atoms with E-state index < -0.39 is 102 Å². The Balaban J connectivity index is 2.22. The van der Waals surface area contributed by atoms with Crippen LogP contribution in [0.15, 0.2) is 5.16 Å². The number of quaternary nitrogens is 1. The number of carbonyl (C=O) groups excluding carboxylic acids is 1. The fourth-order valence-electron chi connectivity index (χ4n) is 9.02. The van der Waals surface area contributed by atoms with E-state index in [4.69, 9.17) is 42.7 Å². The normalized spacial score (nSPS) is 45.8. The molecule has 0 spiro atoms. The van der Waals surface area contributed by atoms with Crippen molar-refractivity contribution in [2.75, 3.05) is 48.3 Å². The Kier molecular flexibility index (Phi) is 18.8. The zero-order chi connectivity index (χ0) is 43.9. The lowest BCUT2D eigenvalue weighted by molar-refractivity contribution is -0.893. The van der Waals surface area contributed by atoms with Crippen molar-refractivity contribution >= 4 is 11.7 Å². The molecule has 0 aliphatic carbocycles. The summed E-state index contributed by atoms with van der Waals surface area (Å²) in [6.45, 7) is 17.3. The number of aliphatic hydroxyl groups is 5. The fourth-order valence-corrected chi connectivity index (χ4v) is 9.02. The molecule has 17 heteroatoms. The van der Waals surface area contributed by atoms with Crippen LogP contribution in [0.4, 0.5) is 0 Å². The number of hydrogen-bond acceptors (Lipinski definition) is 16. The first-order valence-corrected chi connectivity index (χ1v) is 20.9. The van der Waals surface area contributed by atoms with Crippen LogP contribution in [-0.2, 0) is 47.5 Å². The van der Waals surface area contributed by atoms with Crippen molar-refractivity contribution in [3.05, 3.63) is 0 Å². The second-order valence-electron chi connectivity index (χ2n) is 17.9. The molecular weight excluding hydrogens is 760 g/mol. The molecule has 3 fully saturated rings. The molecule has 58 heavy (non-hydrogen) atoms. The first kappa shape index (κ1) is 50.8. The van der Waals surface area contributed by atoms with Gasteiger partial charge < -0.3 is 73.2 Å². The van der Waals surface area contributed by atoms with E-state index in [1.54, 1.807) is 55.6 Å². The zero-order valence-electron chi connectivity index (χ0n) is 37.4. The number of cyclic esters (lactones) is 1. The molecule has 0 unspecified atom stereocenters. The first-order valence-electron chi connectivity index (χ1n) is 20.9. The molecule has 0 aromatic rings. The number of rotatable bonds is 13. The lowest BCUT2D eigenvalue weighted by Crippen LogP contribution is -3.12. The summed E-state index contributed by atoms with van der Waals surface area (Å²) in [4.78, 5) is 20.9. The minimum Gasteiger partial charge on any atom is -0.459 e. The van der Waals surface area contributed by atoms with Crippen LogP contribution in [0.5, 0.6) is 0 Å². The molecule has 340 valence electrons. The van der Waals surface area contributed by atoms with Gasteiger partial charge in [0.2, 0.25) is 6.79 Å². The Labute approximate surface area is 345 Å². The minimum absolute atomic E-state index is 0.0255. The van der Waals surface area contributed by atoms with Crippen molar-refractivity contribution in [3.63, 3.8) is 0 Å². The number of esters is 1. The Morgan fingerprint density at radius 1 is 0.897 bits per heavy atom. The summed E-state index contributed by atoms with van der Waals surface area (Å²) >= 11 is 0. The number of nitrogens with zero attached hydrogens (tertiary/aromatic N) is 1. The maximum Gasteiger partial charge on any atom is 0.311 e. The summed E-state index contributed by atoms with van der Waals surface area (Å²) in [5.41, 5.74) is -4.48. The predicted molar refractivity (Wildman–Crippen MR) is 212 cm³/mol. The average Bonchev–Trinajstić information content (AvgIpc) is 3.15. The van der Waals surface area contributed by atoms with Gasteiger partial charge in [-0.15, -0.1) is 0 Å². The lowest BCUT2D eigenvalue weighted by atomic mass is 9.73. The van der Waals surface area contributed by atoms with Gasteiger partial charge >= 0.3 is 5.97 Å². The fraction of sp³-hybridized carbons (Fsp3) is 0.951. The number of hydrogen-bond donors (Lipinski definition) is 6. The molecule has 3 aliphatic heterocycles. The summed E-state index contributed by atoms with van der Waals surface area (Å²) in [5, 5.41) is 63.6. The van der Waals surface area contributed by atoms with Crippen LogP contribution in [0.1, 0.15) is 94.9 Å². The molecule has 3 rings (SSSR count). The van der Waals surface area contributed by atoms with Gasteiger partial charge in [0, 0.05) is 44.8 Å². The van der Waals surface area contributed by atoms with Crippen molar-refractivity contribution in [1.82, 2.24) is 0 Å². The largest absolute Gasteiger partial charge is 0.459 e. The van der Waals surface area contributed by atoms with Crippen molar-refractivity contribution in [3.8, 4) is 0 Å². The number of nitrogens with one attached hydrogen (secondary N) is 1. The van der Waals surface area contributed by atoms with Gasteiger partial charge in [0.15, 0.2) is 18.7 Å². The summed E-state index contributed by atoms with van der Waals surface area (Å²) < 4.78 is 48.2. The molecule has 0 aromatic carbocycles. The number of likely N-dealkylation sites (N-methyl/N-ethyl adjacent to an activating group) is 1. The van der Waals surface area contributed by atoms with E-state index >= 15 is 0 Å². The average molecular weight is 838 g/mol. The topological polar surface area (TPSA) is 218 Å². The number of carbonyl (C=O) groups is 1. The van der Waals surface area contributed by atoms with E-state index in [9.17, 15) is 30.3 Å². The van der Waals surface area contributed by atoms with E-state index in [1.165, 1.54) is 14.0 Å². The third kappa shape index (κ3) is 12.1. The monoisotopic (exact) mass is 838 g/mol. The van der Waals surface area contributed by atoms with Gasteiger partial charge in [-0.25, -0.2) is 0 Å². The summed E-state index contributed by atoms with van der Waals surface area (Å²) in [7, 11) is 6.93. The summed E-state index contributed by atoms with van der Waals surface area (Å²) in [5.74, 6) is -4.12. The van der Waals surface area contributed by atoms with Crippen molar-refractivity contribution < 1.29 is 78.0 Å².